The summed E-state index contributed by atoms with van der Waals surface area (Å²) in [5, 5.41) is 2.49. The van der Waals surface area contributed by atoms with Crippen LogP contribution in [0, 0.1) is 0 Å². The highest BCUT2D eigenvalue weighted by atomic mass is 32.2. The summed E-state index contributed by atoms with van der Waals surface area (Å²) in [4.78, 5) is 14.5. The Balaban J connectivity index is 1.78. The molecule has 1 aromatic carbocycles. The fourth-order valence-electron chi connectivity index (χ4n) is 3.18. The molecule has 28 heavy (non-hydrogen) atoms. The van der Waals surface area contributed by atoms with E-state index in [9.17, 15) is 13.2 Å². The summed E-state index contributed by atoms with van der Waals surface area (Å²) >= 11 is 0. The normalized spacial score (nSPS) is 20.4. The Morgan fingerprint density at radius 1 is 1.21 bits per heavy atom. The number of unbranched alkanes of at least 4 members (excludes halogenated alkanes) is 1. The first-order valence-corrected chi connectivity index (χ1v) is 11.5. The van der Waals surface area contributed by atoms with Gasteiger partial charge in [0.2, 0.25) is 15.9 Å². The lowest BCUT2D eigenvalue weighted by molar-refractivity contribution is -0.116. The Kier molecular flexibility index (Phi) is 8.27. The Bertz CT molecular complexity index is 742. The van der Waals surface area contributed by atoms with Crippen LogP contribution in [0.2, 0.25) is 0 Å². The fraction of sp³-hybridized carbons (Fsp3) is 0.650. The minimum absolute atomic E-state index is 0.0624. The van der Waals surface area contributed by atoms with Crippen molar-refractivity contribution in [1.29, 1.82) is 0 Å². The van der Waals surface area contributed by atoms with Gasteiger partial charge in [0.15, 0.2) is 0 Å². The van der Waals surface area contributed by atoms with Gasteiger partial charge in [0.05, 0.1) is 17.5 Å². The van der Waals surface area contributed by atoms with E-state index in [1.165, 1.54) is 0 Å². The average molecular weight is 412 g/mol. The topological polar surface area (TPSA) is 87.7 Å². The van der Waals surface area contributed by atoms with E-state index in [2.05, 4.69) is 28.8 Å². The number of hydrogen-bond donors (Lipinski definition) is 2. The number of ether oxygens (including phenoxy) is 1. The molecule has 0 radical (unpaired) electrons. The van der Waals surface area contributed by atoms with Crippen LogP contribution < -0.4 is 14.9 Å². The van der Waals surface area contributed by atoms with E-state index in [1.54, 1.807) is 13.8 Å². The lowest BCUT2D eigenvalue weighted by Crippen LogP contribution is -2.45. The van der Waals surface area contributed by atoms with Gasteiger partial charge in [-0.15, -0.1) is 0 Å². The Morgan fingerprint density at radius 3 is 2.54 bits per heavy atom. The molecule has 1 aliphatic heterocycles. The standard InChI is InChI=1S/C20H33N3O4S/c1-15(2)28(25,26)21-11-6-5-10-20(24)22-18-8-7-9-19(12-18)23-13-16(3)27-17(4)14-23/h7-9,12,15-17,21H,5-6,10-11,13-14H2,1-4H3,(H,22,24). The van der Waals surface area contributed by atoms with Crippen LogP contribution in [0.3, 0.4) is 0 Å². The molecule has 1 fully saturated rings. The third kappa shape index (κ3) is 7.07. The molecular formula is C20H33N3O4S. The second kappa shape index (κ2) is 10.2. The predicted molar refractivity (Wildman–Crippen MR) is 113 cm³/mol. The Morgan fingerprint density at radius 2 is 1.89 bits per heavy atom. The molecule has 1 saturated heterocycles. The van der Waals surface area contributed by atoms with Crippen molar-refractivity contribution in [1.82, 2.24) is 4.72 Å². The first-order chi connectivity index (χ1) is 13.2. The maximum atomic E-state index is 12.2. The molecule has 0 saturated carbocycles. The van der Waals surface area contributed by atoms with Crippen molar-refractivity contribution in [3.63, 3.8) is 0 Å². The van der Waals surface area contributed by atoms with Crippen molar-refractivity contribution in [2.24, 2.45) is 0 Å². The lowest BCUT2D eigenvalue weighted by atomic mass is 10.2. The molecule has 2 N–H and O–H groups in total. The van der Waals surface area contributed by atoms with Gasteiger partial charge >= 0.3 is 0 Å². The van der Waals surface area contributed by atoms with Gasteiger partial charge in [0, 0.05) is 37.4 Å². The van der Waals surface area contributed by atoms with Gasteiger partial charge < -0.3 is 15.0 Å². The molecule has 0 spiro atoms. The molecule has 0 aliphatic carbocycles. The Hall–Kier alpha value is -1.64. The number of anilines is 2. The third-order valence-electron chi connectivity index (χ3n) is 4.67. The maximum absolute atomic E-state index is 12.2. The number of hydrogen-bond acceptors (Lipinski definition) is 5. The van der Waals surface area contributed by atoms with Gasteiger partial charge in [0.25, 0.3) is 0 Å². The van der Waals surface area contributed by atoms with Crippen molar-refractivity contribution in [2.75, 3.05) is 29.9 Å². The molecule has 1 aromatic rings. The SMILES string of the molecule is CC1CN(c2cccc(NC(=O)CCCCNS(=O)(=O)C(C)C)c2)CC(C)O1. The number of carbonyl (C=O) groups is 1. The molecular weight excluding hydrogens is 378 g/mol. The van der Waals surface area contributed by atoms with Crippen molar-refractivity contribution in [2.45, 2.75) is 64.4 Å². The van der Waals surface area contributed by atoms with Crippen LogP contribution in [0.25, 0.3) is 0 Å². The van der Waals surface area contributed by atoms with E-state index in [4.69, 9.17) is 4.74 Å². The first-order valence-electron chi connectivity index (χ1n) is 9.96. The van der Waals surface area contributed by atoms with Crippen LogP contribution >= 0.6 is 0 Å². The van der Waals surface area contributed by atoms with Crippen molar-refractivity contribution in [3.05, 3.63) is 24.3 Å². The summed E-state index contributed by atoms with van der Waals surface area (Å²) in [6, 6.07) is 7.85. The zero-order chi connectivity index (χ0) is 20.7. The second-order valence-electron chi connectivity index (χ2n) is 7.71. The van der Waals surface area contributed by atoms with E-state index in [1.807, 2.05) is 24.3 Å². The summed E-state index contributed by atoms with van der Waals surface area (Å²) in [6.07, 6.45) is 1.97. The minimum Gasteiger partial charge on any atom is -0.372 e. The predicted octanol–water partition coefficient (Wildman–Crippen LogP) is 2.74. The third-order valence-corrected chi connectivity index (χ3v) is 6.52. The number of carbonyl (C=O) groups excluding carboxylic acids is 1. The highest BCUT2D eigenvalue weighted by molar-refractivity contribution is 7.90. The molecule has 0 aromatic heterocycles. The van der Waals surface area contributed by atoms with Gasteiger partial charge in [-0.05, 0) is 58.7 Å². The second-order valence-corrected chi connectivity index (χ2v) is 10.0. The number of morpholine rings is 1. The van der Waals surface area contributed by atoms with Crippen LogP contribution in [0.5, 0.6) is 0 Å². The molecule has 0 bridgehead atoms. The van der Waals surface area contributed by atoms with Gasteiger partial charge in [0.1, 0.15) is 0 Å². The number of sulfonamides is 1. The first kappa shape index (κ1) is 22.6. The molecule has 2 rings (SSSR count). The molecule has 8 heteroatoms. The van der Waals surface area contributed by atoms with Crippen LogP contribution in [0.1, 0.15) is 47.0 Å². The molecule has 7 nitrogen and oxygen atoms in total. The molecule has 1 heterocycles. The van der Waals surface area contributed by atoms with Gasteiger partial charge in [-0.25, -0.2) is 13.1 Å². The zero-order valence-corrected chi connectivity index (χ0v) is 18.1. The lowest BCUT2D eigenvalue weighted by Gasteiger charge is -2.37. The van der Waals surface area contributed by atoms with E-state index in [-0.39, 0.29) is 18.1 Å². The van der Waals surface area contributed by atoms with Crippen LogP contribution in [0.15, 0.2) is 24.3 Å². The highest BCUT2D eigenvalue weighted by Gasteiger charge is 2.22. The summed E-state index contributed by atoms with van der Waals surface area (Å²) in [5.74, 6) is -0.0624. The van der Waals surface area contributed by atoms with E-state index in [0.29, 0.717) is 25.8 Å². The number of rotatable bonds is 9. The van der Waals surface area contributed by atoms with E-state index >= 15 is 0 Å². The Labute approximate surface area is 168 Å². The minimum atomic E-state index is -3.24. The van der Waals surface area contributed by atoms with Gasteiger partial charge in [-0.3, -0.25) is 4.79 Å². The van der Waals surface area contributed by atoms with Crippen LogP contribution in [-0.4, -0.2) is 51.4 Å². The summed E-state index contributed by atoms with van der Waals surface area (Å²) in [5.41, 5.74) is 1.85. The van der Waals surface area contributed by atoms with E-state index in [0.717, 1.165) is 24.5 Å². The largest absolute Gasteiger partial charge is 0.372 e. The maximum Gasteiger partial charge on any atom is 0.224 e. The van der Waals surface area contributed by atoms with Crippen molar-refractivity contribution in [3.8, 4) is 0 Å². The average Bonchev–Trinajstić information content (AvgIpc) is 2.60. The number of nitrogens with zero attached hydrogens (tertiary/aromatic N) is 1. The molecule has 2 unspecified atom stereocenters. The van der Waals surface area contributed by atoms with Crippen molar-refractivity contribution < 1.29 is 17.9 Å². The monoisotopic (exact) mass is 411 g/mol. The summed E-state index contributed by atoms with van der Waals surface area (Å²) in [7, 11) is -3.24. The van der Waals surface area contributed by atoms with Gasteiger partial charge in [-0.1, -0.05) is 6.07 Å². The van der Waals surface area contributed by atoms with Crippen LogP contribution in [0.4, 0.5) is 11.4 Å². The molecule has 158 valence electrons. The number of nitrogens with one attached hydrogen (secondary N) is 2. The number of amides is 1. The molecule has 2 atom stereocenters. The summed E-state index contributed by atoms with van der Waals surface area (Å²) in [6.45, 7) is 9.42. The molecule has 1 aliphatic rings. The number of benzene rings is 1. The quantitative estimate of drug-likeness (QED) is 0.610. The van der Waals surface area contributed by atoms with Crippen molar-refractivity contribution >= 4 is 27.3 Å². The highest BCUT2D eigenvalue weighted by Crippen LogP contribution is 2.23. The zero-order valence-electron chi connectivity index (χ0n) is 17.3. The van der Waals surface area contributed by atoms with Gasteiger partial charge in [-0.2, -0.15) is 0 Å². The van der Waals surface area contributed by atoms with E-state index < -0.39 is 15.3 Å². The fourth-order valence-corrected chi connectivity index (χ4v) is 3.95. The molecule has 1 amide bonds. The smallest absolute Gasteiger partial charge is 0.224 e. The van der Waals surface area contributed by atoms with Crippen LogP contribution in [-0.2, 0) is 19.6 Å². The summed E-state index contributed by atoms with van der Waals surface area (Å²) < 4.78 is 31.7.